The van der Waals surface area contributed by atoms with E-state index in [2.05, 4.69) is 12.2 Å². The third kappa shape index (κ3) is 3.15. The van der Waals surface area contributed by atoms with Gasteiger partial charge in [-0.2, -0.15) is 0 Å². The zero-order valence-corrected chi connectivity index (χ0v) is 10.9. The van der Waals surface area contributed by atoms with Crippen LogP contribution >= 0.6 is 0 Å². The molecule has 0 spiro atoms. The lowest BCUT2D eigenvalue weighted by atomic mass is 9.98. The molecule has 1 heterocycles. The van der Waals surface area contributed by atoms with Crippen molar-refractivity contribution < 1.29 is 14.9 Å². The monoisotopic (exact) mass is 251 g/mol. The van der Waals surface area contributed by atoms with Crippen LogP contribution in [0.3, 0.4) is 0 Å². The second-order valence-corrected chi connectivity index (χ2v) is 5.08. The molecule has 1 aliphatic heterocycles. The molecular formula is C14H21NO3. The van der Waals surface area contributed by atoms with Crippen molar-refractivity contribution in [1.29, 1.82) is 0 Å². The molecule has 0 bridgehead atoms. The molecule has 100 valence electrons. The number of nitrogens with one attached hydrogen (secondary N) is 1. The summed E-state index contributed by atoms with van der Waals surface area (Å²) < 4.78 is 5.38. The van der Waals surface area contributed by atoms with Gasteiger partial charge < -0.3 is 20.3 Å². The lowest BCUT2D eigenvalue weighted by Gasteiger charge is -2.24. The predicted molar refractivity (Wildman–Crippen MR) is 69.7 cm³/mol. The van der Waals surface area contributed by atoms with Crippen LogP contribution in [-0.4, -0.2) is 29.5 Å². The zero-order valence-electron chi connectivity index (χ0n) is 10.9. The van der Waals surface area contributed by atoms with Gasteiger partial charge in [0.05, 0.1) is 6.61 Å². The van der Waals surface area contributed by atoms with Crippen molar-refractivity contribution >= 4 is 0 Å². The fraction of sp³-hybridized carbons (Fsp3) is 0.571. The van der Waals surface area contributed by atoms with Crippen LogP contribution in [0.15, 0.2) is 18.2 Å². The Labute approximate surface area is 108 Å². The first-order valence-corrected chi connectivity index (χ1v) is 6.43. The minimum atomic E-state index is 0.0820. The Morgan fingerprint density at radius 2 is 1.89 bits per heavy atom. The summed E-state index contributed by atoms with van der Waals surface area (Å²) in [5.41, 5.74) is 0.887. The Bertz CT molecular complexity index is 382. The maximum atomic E-state index is 9.48. The Morgan fingerprint density at radius 3 is 2.44 bits per heavy atom. The van der Waals surface area contributed by atoms with Crippen LogP contribution in [0.4, 0.5) is 0 Å². The van der Waals surface area contributed by atoms with E-state index in [-0.39, 0.29) is 17.5 Å². The summed E-state index contributed by atoms with van der Waals surface area (Å²) in [6.07, 6.45) is 1.09. The largest absolute Gasteiger partial charge is 0.508 e. The van der Waals surface area contributed by atoms with E-state index < -0.39 is 0 Å². The van der Waals surface area contributed by atoms with E-state index >= 15 is 0 Å². The second-order valence-electron chi connectivity index (χ2n) is 5.08. The van der Waals surface area contributed by atoms with E-state index in [4.69, 9.17) is 4.74 Å². The van der Waals surface area contributed by atoms with Gasteiger partial charge in [-0.25, -0.2) is 0 Å². The molecule has 3 atom stereocenters. The Hall–Kier alpha value is -1.26. The summed E-state index contributed by atoms with van der Waals surface area (Å²) in [7, 11) is 0. The highest BCUT2D eigenvalue weighted by atomic mass is 16.5. The lowest BCUT2D eigenvalue weighted by molar-refractivity contribution is 0.177. The first-order valence-electron chi connectivity index (χ1n) is 6.43. The van der Waals surface area contributed by atoms with Crippen LogP contribution in [0.25, 0.3) is 0 Å². The number of phenols is 2. The van der Waals surface area contributed by atoms with Gasteiger partial charge >= 0.3 is 0 Å². The van der Waals surface area contributed by atoms with E-state index in [1.165, 1.54) is 6.07 Å². The lowest BCUT2D eigenvalue weighted by Crippen LogP contribution is -2.35. The minimum Gasteiger partial charge on any atom is -0.508 e. The molecular weight excluding hydrogens is 230 g/mol. The van der Waals surface area contributed by atoms with Crippen molar-refractivity contribution in [3.05, 3.63) is 23.8 Å². The number of rotatable bonds is 4. The van der Waals surface area contributed by atoms with Crippen LogP contribution in [0.2, 0.25) is 0 Å². The van der Waals surface area contributed by atoms with Gasteiger partial charge in [-0.3, -0.25) is 0 Å². The smallest absolute Gasteiger partial charge is 0.119 e. The van der Waals surface area contributed by atoms with Gasteiger partial charge in [-0.05, 0) is 43.9 Å². The molecule has 4 nitrogen and oxygen atoms in total. The molecule has 4 heteroatoms. The highest BCUT2D eigenvalue weighted by molar-refractivity contribution is 5.37. The summed E-state index contributed by atoms with van der Waals surface area (Å²) in [4.78, 5) is 0. The van der Waals surface area contributed by atoms with E-state index in [0.717, 1.165) is 25.2 Å². The molecule has 0 radical (unpaired) electrons. The first kappa shape index (κ1) is 13.2. The summed E-state index contributed by atoms with van der Waals surface area (Å²) in [5, 5.41) is 22.5. The number of benzene rings is 1. The minimum absolute atomic E-state index is 0.0820. The zero-order chi connectivity index (χ0) is 13.1. The van der Waals surface area contributed by atoms with Crippen LogP contribution in [0.5, 0.6) is 11.5 Å². The van der Waals surface area contributed by atoms with Crippen molar-refractivity contribution in [2.24, 2.45) is 5.92 Å². The normalized spacial score (nSPS) is 22.9. The SMILES string of the molecule is CC(NC(C)C1CCOC1)c1cc(O)cc(O)c1. The standard InChI is InChI=1S/C14H21NO3/c1-9(11-3-4-18-8-11)15-10(2)12-5-13(16)7-14(17)6-12/h5-7,9-11,15-17H,3-4,8H2,1-2H3. The van der Waals surface area contributed by atoms with Gasteiger partial charge in [0.2, 0.25) is 0 Å². The Kier molecular flexibility index (Phi) is 4.09. The Morgan fingerprint density at radius 1 is 1.22 bits per heavy atom. The molecule has 0 aromatic heterocycles. The second kappa shape index (κ2) is 5.59. The molecule has 2 rings (SSSR count). The Balaban J connectivity index is 1.99. The topological polar surface area (TPSA) is 61.7 Å². The molecule has 1 aromatic rings. The molecule has 1 fully saturated rings. The van der Waals surface area contributed by atoms with E-state index in [1.54, 1.807) is 12.1 Å². The van der Waals surface area contributed by atoms with Crippen molar-refractivity contribution in [2.45, 2.75) is 32.4 Å². The van der Waals surface area contributed by atoms with Gasteiger partial charge in [0, 0.05) is 24.8 Å². The molecule has 1 aliphatic rings. The highest BCUT2D eigenvalue weighted by Crippen LogP contribution is 2.26. The quantitative estimate of drug-likeness (QED) is 0.767. The summed E-state index contributed by atoms with van der Waals surface area (Å²) in [6.45, 7) is 5.84. The molecule has 1 saturated heterocycles. The third-order valence-corrected chi connectivity index (χ3v) is 3.61. The number of hydrogen-bond donors (Lipinski definition) is 3. The highest BCUT2D eigenvalue weighted by Gasteiger charge is 2.23. The van der Waals surface area contributed by atoms with Gasteiger partial charge in [0.25, 0.3) is 0 Å². The summed E-state index contributed by atoms with van der Waals surface area (Å²) >= 11 is 0. The molecule has 0 aliphatic carbocycles. The predicted octanol–water partition coefficient (Wildman–Crippen LogP) is 2.17. The fourth-order valence-electron chi connectivity index (χ4n) is 2.44. The van der Waals surface area contributed by atoms with Gasteiger partial charge in [0.1, 0.15) is 11.5 Å². The molecule has 0 saturated carbocycles. The average molecular weight is 251 g/mol. The van der Waals surface area contributed by atoms with Crippen molar-refractivity contribution in [2.75, 3.05) is 13.2 Å². The molecule has 1 aromatic carbocycles. The van der Waals surface area contributed by atoms with Crippen molar-refractivity contribution in [3.8, 4) is 11.5 Å². The first-order chi connectivity index (χ1) is 8.56. The molecule has 3 unspecified atom stereocenters. The van der Waals surface area contributed by atoms with Crippen LogP contribution in [-0.2, 0) is 4.74 Å². The van der Waals surface area contributed by atoms with E-state index in [1.807, 2.05) is 6.92 Å². The number of hydrogen-bond acceptors (Lipinski definition) is 4. The molecule has 0 amide bonds. The maximum Gasteiger partial charge on any atom is 0.119 e. The van der Waals surface area contributed by atoms with Crippen LogP contribution in [0, 0.1) is 5.92 Å². The van der Waals surface area contributed by atoms with E-state index in [0.29, 0.717) is 12.0 Å². The summed E-state index contributed by atoms with van der Waals surface area (Å²) in [6, 6.07) is 5.13. The number of aromatic hydroxyl groups is 2. The van der Waals surface area contributed by atoms with Gasteiger partial charge in [-0.1, -0.05) is 0 Å². The molecule has 3 N–H and O–H groups in total. The van der Waals surface area contributed by atoms with Gasteiger partial charge in [0.15, 0.2) is 0 Å². The van der Waals surface area contributed by atoms with Crippen LogP contribution < -0.4 is 5.32 Å². The average Bonchev–Trinajstić information content (AvgIpc) is 2.80. The number of ether oxygens (including phenoxy) is 1. The summed E-state index contributed by atoms with van der Waals surface area (Å²) in [5.74, 6) is 0.726. The van der Waals surface area contributed by atoms with Crippen molar-refractivity contribution in [1.82, 2.24) is 5.32 Å². The molecule has 18 heavy (non-hydrogen) atoms. The number of phenolic OH excluding ortho intramolecular Hbond substituents is 2. The fourth-order valence-corrected chi connectivity index (χ4v) is 2.44. The third-order valence-electron chi connectivity index (χ3n) is 3.61. The maximum absolute atomic E-state index is 9.48. The van der Waals surface area contributed by atoms with Crippen LogP contribution in [0.1, 0.15) is 31.9 Å². The van der Waals surface area contributed by atoms with Crippen molar-refractivity contribution in [3.63, 3.8) is 0 Å². The van der Waals surface area contributed by atoms with Gasteiger partial charge in [-0.15, -0.1) is 0 Å². The van der Waals surface area contributed by atoms with E-state index in [9.17, 15) is 10.2 Å².